The van der Waals surface area contributed by atoms with Crippen LogP contribution in [0.15, 0.2) is 24.3 Å². The molecule has 5 heteroatoms. The maximum absolute atomic E-state index is 6.61. The van der Waals surface area contributed by atoms with E-state index in [1.807, 2.05) is 12.1 Å². The van der Waals surface area contributed by atoms with Crippen LogP contribution in [-0.2, 0) is 16.0 Å². The Hall–Kier alpha value is -1.14. The molecule has 5 nitrogen and oxygen atoms in total. The lowest BCUT2D eigenvalue weighted by Gasteiger charge is -2.32. The molecule has 0 amide bonds. The summed E-state index contributed by atoms with van der Waals surface area (Å²) in [6.45, 7) is 7.99. The second-order valence-electron chi connectivity index (χ2n) is 8.08. The number of hydrogen-bond donors (Lipinski definition) is 0. The summed E-state index contributed by atoms with van der Waals surface area (Å²) in [5, 5.41) is 0. The van der Waals surface area contributed by atoms with Crippen molar-refractivity contribution >= 4 is 0 Å². The van der Waals surface area contributed by atoms with Crippen molar-refractivity contribution in [3.05, 3.63) is 29.8 Å². The molecule has 1 spiro atoms. The van der Waals surface area contributed by atoms with Crippen molar-refractivity contribution in [3.63, 3.8) is 0 Å². The Bertz CT molecular complexity index is 573. The molecule has 3 heterocycles. The normalized spacial score (nSPS) is 30.7. The zero-order valence-corrected chi connectivity index (χ0v) is 16.0. The molecule has 3 saturated heterocycles. The van der Waals surface area contributed by atoms with Gasteiger partial charge in [-0.2, -0.15) is 0 Å². The van der Waals surface area contributed by atoms with Gasteiger partial charge in [0.25, 0.3) is 0 Å². The Morgan fingerprint density at radius 3 is 2.69 bits per heavy atom. The predicted molar refractivity (Wildman–Crippen MR) is 102 cm³/mol. The van der Waals surface area contributed by atoms with Gasteiger partial charge in [0.05, 0.1) is 26.4 Å². The number of benzene rings is 1. The third kappa shape index (κ3) is 4.39. The number of ether oxygens (including phenoxy) is 3. The van der Waals surface area contributed by atoms with Gasteiger partial charge in [0.2, 0.25) is 0 Å². The number of nitrogens with zero attached hydrogens (tertiary/aromatic N) is 2. The molecule has 3 aliphatic heterocycles. The summed E-state index contributed by atoms with van der Waals surface area (Å²) in [7, 11) is 1.71. The highest BCUT2D eigenvalue weighted by molar-refractivity contribution is 5.27. The summed E-state index contributed by atoms with van der Waals surface area (Å²) in [6, 6.07) is 8.39. The molecule has 0 aliphatic carbocycles. The van der Waals surface area contributed by atoms with E-state index in [1.54, 1.807) is 7.11 Å². The first-order valence-corrected chi connectivity index (χ1v) is 10.1. The quantitative estimate of drug-likeness (QED) is 0.806. The largest absolute Gasteiger partial charge is 0.497 e. The van der Waals surface area contributed by atoms with Crippen molar-refractivity contribution in [1.29, 1.82) is 0 Å². The van der Waals surface area contributed by atoms with Crippen LogP contribution in [0.1, 0.15) is 31.2 Å². The van der Waals surface area contributed by atoms with Gasteiger partial charge in [-0.25, -0.2) is 0 Å². The minimum atomic E-state index is -0.118. The average Bonchev–Trinajstić information content (AvgIpc) is 3.25. The number of methoxy groups -OCH3 is 1. The minimum Gasteiger partial charge on any atom is -0.497 e. The second-order valence-corrected chi connectivity index (χ2v) is 8.08. The Morgan fingerprint density at radius 2 is 1.92 bits per heavy atom. The van der Waals surface area contributed by atoms with Crippen LogP contribution >= 0.6 is 0 Å². The highest BCUT2D eigenvalue weighted by Crippen LogP contribution is 2.34. The van der Waals surface area contributed by atoms with E-state index in [0.29, 0.717) is 6.10 Å². The van der Waals surface area contributed by atoms with Crippen LogP contribution in [0.2, 0.25) is 0 Å². The molecule has 26 heavy (non-hydrogen) atoms. The summed E-state index contributed by atoms with van der Waals surface area (Å²) < 4.78 is 17.8. The summed E-state index contributed by atoms with van der Waals surface area (Å²) in [6.07, 6.45) is 5.34. The molecule has 0 unspecified atom stereocenters. The van der Waals surface area contributed by atoms with Crippen LogP contribution in [0.4, 0.5) is 0 Å². The van der Waals surface area contributed by atoms with Crippen molar-refractivity contribution in [3.8, 4) is 5.75 Å². The molecule has 3 aliphatic rings. The number of rotatable bonds is 5. The molecule has 0 radical (unpaired) electrons. The maximum Gasteiger partial charge on any atom is 0.118 e. The molecule has 4 rings (SSSR count). The van der Waals surface area contributed by atoms with E-state index in [4.69, 9.17) is 14.2 Å². The van der Waals surface area contributed by atoms with Gasteiger partial charge in [0.15, 0.2) is 0 Å². The molecule has 1 aromatic rings. The molecule has 0 N–H and O–H groups in total. The molecule has 144 valence electrons. The Morgan fingerprint density at radius 1 is 1.12 bits per heavy atom. The van der Waals surface area contributed by atoms with Crippen LogP contribution in [0, 0.1) is 0 Å². The van der Waals surface area contributed by atoms with Crippen LogP contribution in [0.3, 0.4) is 0 Å². The second kappa shape index (κ2) is 8.26. The average molecular weight is 360 g/mol. The molecule has 0 bridgehead atoms. The van der Waals surface area contributed by atoms with Gasteiger partial charge < -0.3 is 19.1 Å². The molecule has 1 aromatic carbocycles. The first-order chi connectivity index (χ1) is 12.7. The topological polar surface area (TPSA) is 34.2 Å². The summed E-state index contributed by atoms with van der Waals surface area (Å²) in [5.41, 5.74) is 1.20. The predicted octanol–water partition coefficient (Wildman–Crippen LogP) is 2.54. The van der Waals surface area contributed by atoms with Crippen molar-refractivity contribution in [2.75, 3.05) is 53.0 Å². The molecule has 0 saturated carbocycles. The van der Waals surface area contributed by atoms with Crippen LogP contribution < -0.4 is 4.74 Å². The monoisotopic (exact) mass is 360 g/mol. The Balaban J connectivity index is 1.36. The fourth-order valence-corrected chi connectivity index (χ4v) is 4.61. The third-order valence-corrected chi connectivity index (χ3v) is 5.99. The van der Waals surface area contributed by atoms with E-state index >= 15 is 0 Å². The summed E-state index contributed by atoms with van der Waals surface area (Å²) >= 11 is 0. The molecule has 2 atom stereocenters. The first-order valence-electron chi connectivity index (χ1n) is 10.1. The van der Waals surface area contributed by atoms with E-state index in [9.17, 15) is 0 Å². The van der Waals surface area contributed by atoms with Crippen LogP contribution in [0.25, 0.3) is 0 Å². The maximum atomic E-state index is 6.61. The Kier molecular flexibility index (Phi) is 5.79. The Labute approximate surface area is 157 Å². The molecular weight excluding hydrogens is 328 g/mol. The smallest absolute Gasteiger partial charge is 0.118 e. The van der Waals surface area contributed by atoms with Gasteiger partial charge in [-0.3, -0.25) is 4.90 Å². The van der Waals surface area contributed by atoms with Gasteiger partial charge in [0, 0.05) is 26.2 Å². The molecule has 3 fully saturated rings. The van der Waals surface area contributed by atoms with E-state index in [2.05, 4.69) is 21.9 Å². The third-order valence-electron chi connectivity index (χ3n) is 5.99. The molecular formula is C21H32N2O3. The van der Waals surface area contributed by atoms with Gasteiger partial charge in [-0.1, -0.05) is 12.1 Å². The van der Waals surface area contributed by atoms with E-state index in [1.165, 1.54) is 31.5 Å². The SMILES string of the molecule is COc1ccc(CN2CCOC[C@@]3(CC[C@@H](CN4CCCC4)O3)C2)cc1. The number of likely N-dealkylation sites (tertiary alicyclic amines) is 1. The first kappa shape index (κ1) is 18.2. The zero-order chi connectivity index (χ0) is 17.8. The van der Waals surface area contributed by atoms with Gasteiger partial charge in [0.1, 0.15) is 11.4 Å². The highest BCUT2D eigenvalue weighted by Gasteiger charge is 2.43. The van der Waals surface area contributed by atoms with Gasteiger partial charge >= 0.3 is 0 Å². The fourth-order valence-electron chi connectivity index (χ4n) is 4.61. The highest BCUT2D eigenvalue weighted by atomic mass is 16.6. The van der Waals surface area contributed by atoms with Gasteiger partial charge in [-0.05, 0) is 56.5 Å². The lowest BCUT2D eigenvalue weighted by molar-refractivity contribution is -0.0913. The lowest BCUT2D eigenvalue weighted by atomic mass is 9.99. The van der Waals surface area contributed by atoms with Crippen LogP contribution in [0.5, 0.6) is 5.75 Å². The lowest BCUT2D eigenvalue weighted by Crippen LogP contribution is -2.45. The zero-order valence-electron chi connectivity index (χ0n) is 16.0. The summed E-state index contributed by atoms with van der Waals surface area (Å²) in [4.78, 5) is 5.06. The minimum absolute atomic E-state index is 0.118. The molecule has 0 aromatic heterocycles. The van der Waals surface area contributed by atoms with E-state index < -0.39 is 0 Å². The van der Waals surface area contributed by atoms with Crippen LogP contribution in [-0.4, -0.2) is 74.6 Å². The summed E-state index contributed by atoms with van der Waals surface area (Å²) in [5.74, 6) is 0.910. The standard InChI is InChI=1S/C21H32N2O3/c1-24-19-6-4-18(5-7-19)14-23-12-13-25-17-21(16-23)9-8-20(26-21)15-22-10-2-3-11-22/h4-7,20H,2-3,8-17H2,1H3/t20-,21+/m0/s1. The number of hydrogen-bond acceptors (Lipinski definition) is 5. The van der Waals surface area contributed by atoms with Crippen molar-refractivity contribution < 1.29 is 14.2 Å². The van der Waals surface area contributed by atoms with E-state index in [-0.39, 0.29) is 5.60 Å². The fraction of sp³-hybridized carbons (Fsp3) is 0.714. The van der Waals surface area contributed by atoms with Crippen molar-refractivity contribution in [2.45, 2.75) is 43.9 Å². The van der Waals surface area contributed by atoms with Crippen molar-refractivity contribution in [2.24, 2.45) is 0 Å². The van der Waals surface area contributed by atoms with Gasteiger partial charge in [-0.15, -0.1) is 0 Å². The van der Waals surface area contributed by atoms with E-state index in [0.717, 1.165) is 58.0 Å². The van der Waals surface area contributed by atoms with Crippen molar-refractivity contribution in [1.82, 2.24) is 9.80 Å².